The molecule has 3 unspecified atom stereocenters. The topological polar surface area (TPSA) is 111 Å². The maximum absolute atomic E-state index is 13.5. The molecule has 0 heterocycles. The summed E-state index contributed by atoms with van der Waals surface area (Å²) in [4.78, 5) is 37.7. The minimum Gasteiger partial charge on any atom is -0.456 e. The Morgan fingerprint density at radius 1 is 0.480 bits per heavy atom. The lowest BCUT2D eigenvalue weighted by Crippen LogP contribution is -2.47. The van der Waals surface area contributed by atoms with Crippen molar-refractivity contribution in [3.05, 3.63) is 97.2 Å². The second kappa shape index (κ2) is 54.3. The molecule has 0 aromatic rings. The summed E-state index contributed by atoms with van der Waals surface area (Å²) in [6, 6.07) is -0.885. The van der Waals surface area contributed by atoms with Crippen molar-refractivity contribution in [2.45, 2.75) is 264 Å². The molecule has 0 aromatic carbocycles. The molecule has 2 N–H and O–H groups in total. The molecule has 0 bridgehead atoms. The molecule has 0 aliphatic heterocycles. The van der Waals surface area contributed by atoms with Crippen molar-refractivity contribution < 1.29 is 37.3 Å². The largest absolute Gasteiger partial charge is 0.472 e. The summed E-state index contributed by atoms with van der Waals surface area (Å²) < 4.78 is 30.6. The molecule has 75 heavy (non-hydrogen) atoms. The van der Waals surface area contributed by atoms with Crippen LogP contribution in [0.25, 0.3) is 0 Å². The summed E-state index contributed by atoms with van der Waals surface area (Å²) in [7, 11) is 1.45. The van der Waals surface area contributed by atoms with Crippen LogP contribution < -0.4 is 5.32 Å². The first-order valence-electron chi connectivity index (χ1n) is 30.6. The fraction of sp³-hybridized carbons (Fsp3) is 0.723. The van der Waals surface area contributed by atoms with Gasteiger partial charge in [-0.25, -0.2) is 4.57 Å². The number of unbranched alkanes of at least 4 members (excludes halogenated alkanes) is 24. The molecule has 0 fully saturated rings. The fourth-order valence-corrected chi connectivity index (χ4v) is 9.04. The maximum Gasteiger partial charge on any atom is 0.472 e. The van der Waals surface area contributed by atoms with Crippen molar-refractivity contribution in [1.82, 2.24) is 5.32 Å². The van der Waals surface area contributed by atoms with Gasteiger partial charge in [0.2, 0.25) is 5.91 Å². The van der Waals surface area contributed by atoms with Crippen LogP contribution >= 0.6 is 7.82 Å². The minimum absolute atomic E-state index is 0.0248. The molecule has 0 saturated carbocycles. The first-order valence-corrected chi connectivity index (χ1v) is 32.1. The van der Waals surface area contributed by atoms with E-state index in [1.54, 1.807) is 0 Å². The van der Waals surface area contributed by atoms with Crippen LogP contribution in [0, 0.1) is 0 Å². The fourth-order valence-electron chi connectivity index (χ4n) is 8.30. The molecule has 0 aromatic heterocycles. The predicted octanol–water partition coefficient (Wildman–Crippen LogP) is 18.8. The number of esters is 1. The number of carbonyl (C=O) groups is 2. The first kappa shape index (κ1) is 71.9. The Bertz CT molecular complexity index is 1610. The third-order valence-electron chi connectivity index (χ3n) is 13.0. The molecular formula is C65H116N2O7P+. The number of nitrogens with zero attached hydrogens (tertiary/aromatic N) is 1. The highest BCUT2D eigenvalue weighted by atomic mass is 31.2. The lowest BCUT2D eigenvalue weighted by atomic mass is 10.0. The van der Waals surface area contributed by atoms with Crippen molar-refractivity contribution in [2.24, 2.45) is 0 Å². The molecule has 0 radical (unpaired) electrons. The number of amides is 1. The van der Waals surface area contributed by atoms with Gasteiger partial charge in [0.25, 0.3) is 0 Å². The Morgan fingerprint density at radius 2 is 0.867 bits per heavy atom. The van der Waals surface area contributed by atoms with Crippen LogP contribution in [-0.4, -0.2) is 74.3 Å². The van der Waals surface area contributed by atoms with Gasteiger partial charge in [0.15, 0.2) is 0 Å². The average Bonchev–Trinajstić information content (AvgIpc) is 3.37. The highest BCUT2D eigenvalue weighted by Crippen LogP contribution is 2.43. The highest BCUT2D eigenvalue weighted by Gasteiger charge is 2.30. The lowest BCUT2D eigenvalue weighted by Gasteiger charge is -2.27. The smallest absolute Gasteiger partial charge is 0.456 e. The van der Waals surface area contributed by atoms with E-state index < -0.39 is 20.0 Å². The SMILES string of the molecule is CC/C=C\C/C=C\C/C=C\C/C=C\C/C=C\CCCC(=O)NC(COP(=O)(O)OCC[N+](C)(C)C)C(/C=C/CCCCCCCCCCCCC)OC(=O)CCCCCCCCCCC/C=C\C/C=C\CCCCC. The summed E-state index contributed by atoms with van der Waals surface area (Å²) in [5, 5.41) is 3.02. The monoisotopic (exact) mass is 1070 g/mol. The van der Waals surface area contributed by atoms with E-state index in [9.17, 15) is 19.0 Å². The molecule has 0 aliphatic rings. The number of nitrogens with one attached hydrogen (secondary N) is 1. The second-order valence-electron chi connectivity index (χ2n) is 21.5. The third kappa shape index (κ3) is 55.5. The van der Waals surface area contributed by atoms with Crippen molar-refractivity contribution >= 4 is 19.7 Å². The van der Waals surface area contributed by atoms with Crippen LogP contribution in [0.1, 0.15) is 252 Å². The Labute approximate surface area is 462 Å². The van der Waals surface area contributed by atoms with Gasteiger partial charge in [0.05, 0.1) is 33.8 Å². The van der Waals surface area contributed by atoms with Crippen LogP contribution in [0.2, 0.25) is 0 Å². The molecule has 0 rings (SSSR count). The van der Waals surface area contributed by atoms with Gasteiger partial charge in [-0.2, -0.15) is 0 Å². The summed E-state index contributed by atoms with van der Waals surface area (Å²) in [5.41, 5.74) is 0. The zero-order chi connectivity index (χ0) is 55.0. The molecule has 9 nitrogen and oxygen atoms in total. The highest BCUT2D eigenvalue weighted by molar-refractivity contribution is 7.47. The van der Waals surface area contributed by atoms with E-state index in [0.717, 1.165) is 96.3 Å². The standard InChI is InChI=1S/C65H115N2O7P/c1-7-10-13-16-19-22-25-28-30-32-33-35-37-40-43-46-49-52-55-58-65(69)74-63(56-53-50-47-44-41-38-27-24-21-18-15-12-9-3)62(61-73-75(70,71)72-60-59-67(4,5)6)66-64(68)57-54-51-48-45-42-39-36-34-31-29-26-23-20-17-14-11-8-2/h11,14,19-20,22-23,28-31,36,39,45,48,53,56,62-63H,7-10,12-13,15-18,21,24-27,32-35,37-38,40-44,46-47,49-52,54-55,57-61H2,1-6H3,(H-,66,68,70,71)/p+1/b14-11-,22-19-,23-20-,30-28-,31-29-,39-36-,48-45-,56-53+. The number of quaternary nitrogens is 1. The van der Waals surface area contributed by atoms with E-state index in [1.165, 1.54) is 116 Å². The van der Waals surface area contributed by atoms with Crippen LogP contribution in [0.5, 0.6) is 0 Å². The Balaban J connectivity index is 5.40. The van der Waals surface area contributed by atoms with E-state index in [1.807, 2.05) is 33.3 Å². The molecule has 0 saturated heterocycles. The molecular weight excluding hydrogens is 952 g/mol. The number of rotatable bonds is 54. The zero-order valence-corrected chi connectivity index (χ0v) is 50.2. The average molecular weight is 1070 g/mol. The van der Waals surface area contributed by atoms with Crippen LogP contribution in [0.15, 0.2) is 97.2 Å². The van der Waals surface area contributed by atoms with Crippen LogP contribution in [0.3, 0.4) is 0 Å². The van der Waals surface area contributed by atoms with E-state index >= 15 is 0 Å². The maximum atomic E-state index is 13.5. The molecule has 1 amide bonds. The Kier molecular flexibility index (Phi) is 52.1. The van der Waals surface area contributed by atoms with Crippen molar-refractivity contribution in [1.29, 1.82) is 0 Å². The molecule has 432 valence electrons. The van der Waals surface area contributed by atoms with E-state index in [4.69, 9.17) is 13.8 Å². The minimum atomic E-state index is -4.47. The second-order valence-corrected chi connectivity index (χ2v) is 22.9. The van der Waals surface area contributed by atoms with Gasteiger partial charge < -0.3 is 19.4 Å². The van der Waals surface area contributed by atoms with Crippen LogP contribution in [0.4, 0.5) is 0 Å². The third-order valence-corrected chi connectivity index (χ3v) is 14.0. The first-order chi connectivity index (χ1) is 36.4. The summed E-state index contributed by atoms with van der Waals surface area (Å²) >= 11 is 0. The molecule has 0 spiro atoms. The van der Waals surface area contributed by atoms with Gasteiger partial charge >= 0.3 is 13.8 Å². The van der Waals surface area contributed by atoms with Crippen molar-refractivity contribution in [2.75, 3.05) is 40.9 Å². The molecule has 10 heteroatoms. The molecule has 3 atom stereocenters. The van der Waals surface area contributed by atoms with Gasteiger partial charge in [0, 0.05) is 12.8 Å². The van der Waals surface area contributed by atoms with Crippen molar-refractivity contribution in [3.8, 4) is 0 Å². The Morgan fingerprint density at radius 3 is 1.33 bits per heavy atom. The van der Waals surface area contributed by atoms with Crippen LogP contribution in [-0.2, 0) is 27.9 Å². The van der Waals surface area contributed by atoms with Gasteiger partial charge in [-0.1, -0.05) is 234 Å². The lowest BCUT2D eigenvalue weighted by molar-refractivity contribution is -0.870. The zero-order valence-electron chi connectivity index (χ0n) is 49.3. The normalized spacial score (nSPS) is 14.4. The number of carbonyl (C=O) groups excluding carboxylic acids is 2. The van der Waals surface area contributed by atoms with Gasteiger partial charge in [-0.05, 0) is 102 Å². The number of phosphoric ester groups is 1. The molecule has 0 aliphatic carbocycles. The quantitative estimate of drug-likeness (QED) is 0.0205. The number of phosphoric acid groups is 1. The predicted molar refractivity (Wildman–Crippen MR) is 323 cm³/mol. The summed E-state index contributed by atoms with van der Waals surface area (Å²) in [6.45, 7) is 6.82. The number of hydrogen-bond acceptors (Lipinski definition) is 6. The summed E-state index contributed by atoms with van der Waals surface area (Å²) in [5.74, 6) is -0.580. The van der Waals surface area contributed by atoms with E-state index in [0.29, 0.717) is 17.4 Å². The number of likely N-dealkylation sites (N-methyl/N-ethyl adjacent to an activating group) is 1. The number of allylic oxidation sites excluding steroid dienone is 15. The van der Waals surface area contributed by atoms with Gasteiger partial charge in [-0.15, -0.1) is 0 Å². The number of ether oxygens (including phenoxy) is 1. The summed E-state index contributed by atoms with van der Waals surface area (Å²) in [6.07, 6.45) is 72.7. The number of hydrogen-bond donors (Lipinski definition) is 2. The van der Waals surface area contributed by atoms with Crippen molar-refractivity contribution in [3.63, 3.8) is 0 Å². The van der Waals surface area contributed by atoms with Gasteiger partial charge in [-0.3, -0.25) is 18.6 Å². The Hall–Kier alpha value is -3.07. The van der Waals surface area contributed by atoms with E-state index in [2.05, 4.69) is 111 Å². The van der Waals surface area contributed by atoms with Gasteiger partial charge in [0.1, 0.15) is 19.3 Å². The van der Waals surface area contributed by atoms with E-state index in [-0.39, 0.29) is 37.9 Å².